The van der Waals surface area contributed by atoms with Crippen molar-refractivity contribution in [2.24, 2.45) is 0 Å². The Labute approximate surface area is 113 Å². The number of thiazole rings is 1. The Bertz CT molecular complexity index is 691. The van der Waals surface area contributed by atoms with Crippen LogP contribution in [-0.4, -0.2) is 32.2 Å². The van der Waals surface area contributed by atoms with E-state index in [1.54, 1.807) is 16.5 Å². The number of nitrogens with zero attached hydrogens (tertiary/aromatic N) is 4. The molecular weight excluding hydrogens is 262 g/mol. The van der Waals surface area contributed by atoms with Crippen molar-refractivity contribution in [3.05, 3.63) is 41.9 Å². The Morgan fingerprint density at radius 2 is 2.37 bits per heavy atom. The Morgan fingerprint density at radius 1 is 1.42 bits per heavy atom. The maximum atomic E-state index is 12.1. The highest BCUT2D eigenvalue weighted by molar-refractivity contribution is 7.17. The van der Waals surface area contributed by atoms with Gasteiger partial charge in [-0.3, -0.25) is 9.48 Å². The topological polar surface area (TPSA) is 72.7 Å². The van der Waals surface area contributed by atoms with Gasteiger partial charge in [0.25, 0.3) is 5.91 Å². The number of aromatic nitrogens is 4. The molecule has 1 amide bonds. The molecule has 19 heavy (non-hydrogen) atoms. The Hall–Kier alpha value is -2.28. The van der Waals surface area contributed by atoms with Gasteiger partial charge in [0.2, 0.25) is 0 Å². The predicted octanol–water partition coefficient (Wildman–Crippen LogP) is 1.32. The van der Waals surface area contributed by atoms with Crippen LogP contribution in [0.2, 0.25) is 0 Å². The maximum absolute atomic E-state index is 12.1. The average Bonchev–Trinajstić information content (AvgIpc) is 3.08. The fourth-order valence-corrected chi connectivity index (χ4v) is 2.59. The second-order valence-corrected chi connectivity index (χ2v) is 4.78. The van der Waals surface area contributed by atoms with Gasteiger partial charge in [-0.2, -0.15) is 5.10 Å². The number of hydrogen-bond donors (Lipinski definition) is 1. The maximum Gasteiger partial charge on any atom is 0.252 e. The number of carbonyl (C=O) groups is 1. The third-order valence-corrected chi connectivity index (χ3v) is 3.57. The molecular formula is C12H11N5OS. The molecule has 0 radical (unpaired) electrons. The first-order valence-corrected chi connectivity index (χ1v) is 6.65. The first-order valence-electron chi connectivity index (χ1n) is 5.77. The second kappa shape index (κ2) is 5.15. The average molecular weight is 273 g/mol. The second-order valence-electron chi connectivity index (χ2n) is 3.92. The summed E-state index contributed by atoms with van der Waals surface area (Å²) in [6.45, 7) is 1.11. The largest absolute Gasteiger partial charge is 0.350 e. The molecule has 0 bridgehead atoms. The standard InChI is InChI=1S/C12H11N5OS/c18-12(14-4-5-17-7-13-6-16-17)9-2-1-3-10-11(9)19-8-15-10/h1-3,6-8H,4-5H2,(H,14,18). The van der Waals surface area contributed by atoms with Crippen molar-refractivity contribution >= 4 is 27.5 Å². The summed E-state index contributed by atoms with van der Waals surface area (Å²) in [5.41, 5.74) is 3.27. The monoisotopic (exact) mass is 273 g/mol. The summed E-state index contributed by atoms with van der Waals surface area (Å²) in [5.74, 6) is -0.0880. The smallest absolute Gasteiger partial charge is 0.252 e. The Balaban J connectivity index is 1.68. The lowest BCUT2D eigenvalue weighted by Gasteiger charge is -2.05. The molecule has 6 nitrogen and oxygen atoms in total. The van der Waals surface area contributed by atoms with Crippen molar-refractivity contribution in [2.45, 2.75) is 6.54 Å². The molecule has 0 saturated heterocycles. The van der Waals surface area contributed by atoms with Gasteiger partial charge >= 0.3 is 0 Å². The van der Waals surface area contributed by atoms with Gasteiger partial charge in [0.15, 0.2) is 0 Å². The van der Waals surface area contributed by atoms with Gasteiger partial charge in [0.05, 0.1) is 27.8 Å². The van der Waals surface area contributed by atoms with Crippen LogP contribution in [0.25, 0.3) is 10.2 Å². The Morgan fingerprint density at radius 3 is 3.21 bits per heavy atom. The van der Waals surface area contributed by atoms with Gasteiger partial charge in [0.1, 0.15) is 12.7 Å². The molecule has 0 fully saturated rings. The summed E-state index contributed by atoms with van der Waals surface area (Å²) < 4.78 is 2.59. The highest BCUT2D eigenvalue weighted by atomic mass is 32.1. The minimum absolute atomic E-state index is 0.0880. The molecule has 0 spiro atoms. The lowest BCUT2D eigenvalue weighted by atomic mass is 10.2. The predicted molar refractivity (Wildman–Crippen MR) is 72.0 cm³/mol. The molecule has 0 aliphatic heterocycles. The van der Waals surface area contributed by atoms with E-state index in [1.165, 1.54) is 17.7 Å². The minimum Gasteiger partial charge on any atom is -0.350 e. The molecule has 96 valence electrons. The van der Waals surface area contributed by atoms with Crippen LogP contribution in [0.3, 0.4) is 0 Å². The number of carbonyl (C=O) groups excluding carboxylic acids is 1. The molecule has 7 heteroatoms. The molecule has 1 aromatic carbocycles. The van der Waals surface area contributed by atoms with Gasteiger partial charge in [-0.15, -0.1) is 11.3 Å². The van der Waals surface area contributed by atoms with Gasteiger partial charge in [-0.1, -0.05) is 6.07 Å². The van der Waals surface area contributed by atoms with Crippen LogP contribution in [0.5, 0.6) is 0 Å². The fourth-order valence-electron chi connectivity index (χ4n) is 1.79. The number of hydrogen-bond acceptors (Lipinski definition) is 5. The molecule has 0 saturated carbocycles. The van der Waals surface area contributed by atoms with Crippen molar-refractivity contribution in [3.8, 4) is 0 Å². The summed E-state index contributed by atoms with van der Waals surface area (Å²) in [6, 6.07) is 5.55. The zero-order chi connectivity index (χ0) is 13.1. The molecule has 0 atom stereocenters. The Kier molecular flexibility index (Phi) is 3.20. The van der Waals surface area contributed by atoms with E-state index in [4.69, 9.17) is 0 Å². The van der Waals surface area contributed by atoms with Gasteiger partial charge in [0, 0.05) is 6.54 Å². The quantitative estimate of drug-likeness (QED) is 0.778. The lowest BCUT2D eigenvalue weighted by Crippen LogP contribution is -2.27. The van der Waals surface area contributed by atoms with E-state index in [0.717, 1.165) is 10.2 Å². The number of benzene rings is 1. The van der Waals surface area contributed by atoms with Crippen molar-refractivity contribution in [3.63, 3.8) is 0 Å². The van der Waals surface area contributed by atoms with Crippen LogP contribution >= 0.6 is 11.3 Å². The van der Waals surface area contributed by atoms with Gasteiger partial charge < -0.3 is 5.32 Å². The van der Waals surface area contributed by atoms with E-state index in [1.807, 2.05) is 18.2 Å². The highest BCUT2D eigenvalue weighted by Gasteiger charge is 2.10. The van der Waals surface area contributed by atoms with E-state index >= 15 is 0 Å². The number of rotatable bonds is 4. The third-order valence-electron chi connectivity index (χ3n) is 2.69. The zero-order valence-corrected chi connectivity index (χ0v) is 10.8. The number of nitrogens with one attached hydrogen (secondary N) is 1. The van der Waals surface area contributed by atoms with E-state index < -0.39 is 0 Å². The summed E-state index contributed by atoms with van der Waals surface area (Å²) in [4.78, 5) is 20.2. The number of fused-ring (bicyclic) bond motifs is 1. The van der Waals surface area contributed by atoms with E-state index in [-0.39, 0.29) is 5.91 Å². The zero-order valence-electron chi connectivity index (χ0n) is 9.98. The molecule has 2 heterocycles. The molecule has 0 aliphatic carbocycles. The summed E-state index contributed by atoms with van der Waals surface area (Å²) in [6.07, 6.45) is 3.09. The lowest BCUT2D eigenvalue weighted by molar-refractivity contribution is 0.0953. The van der Waals surface area contributed by atoms with Crippen LogP contribution < -0.4 is 5.32 Å². The summed E-state index contributed by atoms with van der Waals surface area (Å²) in [5, 5.41) is 6.84. The minimum atomic E-state index is -0.0880. The molecule has 2 aromatic heterocycles. The first kappa shape index (κ1) is 11.8. The van der Waals surface area contributed by atoms with Crippen molar-refractivity contribution in [1.82, 2.24) is 25.1 Å². The summed E-state index contributed by atoms with van der Waals surface area (Å²) in [7, 11) is 0. The molecule has 3 rings (SSSR count). The first-order chi connectivity index (χ1) is 9.34. The molecule has 3 aromatic rings. The molecule has 0 aliphatic rings. The summed E-state index contributed by atoms with van der Waals surface area (Å²) >= 11 is 1.47. The van der Waals surface area contributed by atoms with Gasteiger partial charge in [-0.05, 0) is 12.1 Å². The van der Waals surface area contributed by atoms with Crippen molar-refractivity contribution < 1.29 is 4.79 Å². The van der Waals surface area contributed by atoms with Crippen molar-refractivity contribution in [1.29, 1.82) is 0 Å². The van der Waals surface area contributed by atoms with Crippen LogP contribution in [-0.2, 0) is 6.54 Å². The third kappa shape index (κ3) is 2.45. The van der Waals surface area contributed by atoms with Gasteiger partial charge in [-0.25, -0.2) is 9.97 Å². The molecule has 0 unspecified atom stereocenters. The normalized spacial score (nSPS) is 10.7. The van der Waals surface area contributed by atoms with E-state index in [0.29, 0.717) is 18.7 Å². The van der Waals surface area contributed by atoms with E-state index in [2.05, 4.69) is 20.4 Å². The van der Waals surface area contributed by atoms with Crippen LogP contribution in [0.1, 0.15) is 10.4 Å². The number of amides is 1. The van der Waals surface area contributed by atoms with E-state index in [9.17, 15) is 4.79 Å². The van der Waals surface area contributed by atoms with Crippen LogP contribution in [0, 0.1) is 0 Å². The SMILES string of the molecule is O=C(NCCn1cncn1)c1cccc2ncsc12. The van der Waals surface area contributed by atoms with Crippen molar-refractivity contribution in [2.75, 3.05) is 6.54 Å². The van der Waals surface area contributed by atoms with Crippen LogP contribution in [0.4, 0.5) is 0 Å². The molecule has 1 N–H and O–H groups in total. The highest BCUT2D eigenvalue weighted by Crippen LogP contribution is 2.21. The fraction of sp³-hybridized carbons (Fsp3) is 0.167. The van der Waals surface area contributed by atoms with Crippen LogP contribution in [0.15, 0.2) is 36.4 Å².